The Morgan fingerprint density at radius 2 is 1.90 bits per heavy atom. The quantitative estimate of drug-likeness (QED) is 0.608. The van der Waals surface area contributed by atoms with E-state index in [1.165, 1.54) is 5.56 Å². The Kier molecular flexibility index (Phi) is 5.28. The van der Waals surface area contributed by atoms with Gasteiger partial charge in [0.15, 0.2) is 5.11 Å². The monoisotopic (exact) mass is 406 g/mol. The number of aromatic nitrogens is 2. The summed E-state index contributed by atoms with van der Waals surface area (Å²) >= 11 is 5.70. The van der Waals surface area contributed by atoms with Gasteiger partial charge in [0.25, 0.3) is 0 Å². The molecule has 1 saturated heterocycles. The van der Waals surface area contributed by atoms with Crippen molar-refractivity contribution < 1.29 is 5.11 Å². The van der Waals surface area contributed by atoms with Crippen LogP contribution in [0.3, 0.4) is 0 Å². The lowest BCUT2D eigenvalue weighted by molar-refractivity contribution is 0.316. The summed E-state index contributed by atoms with van der Waals surface area (Å²) in [6, 6.07) is 15.7. The van der Waals surface area contributed by atoms with E-state index in [1.807, 2.05) is 42.6 Å². The second-order valence-electron chi connectivity index (χ2n) is 7.47. The minimum atomic E-state index is -0.0198. The van der Waals surface area contributed by atoms with Crippen LogP contribution in [0.4, 0.5) is 0 Å². The largest absolute Gasteiger partial charge is 0.506 e. The van der Waals surface area contributed by atoms with E-state index in [4.69, 9.17) is 12.2 Å². The Morgan fingerprint density at radius 1 is 1.14 bits per heavy atom. The molecular weight excluding hydrogens is 380 g/mol. The van der Waals surface area contributed by atoms with Gasteiger partial charge in [0, 0.05) is 24.1 Å². The maximum absolute atomic E-state index is 10.4. The highest BCUT2D eigenvalue weighted by Gasteiger charge is 2.41. The molecule has 6 heteroatoms. The van der Waals surface area contributed by atoms with Gasteiger partial charge in [-0.2, -0.15) is 0 Å². The van der Waals surface area contributed by atoms with Crippen molar-refractivity contribution in [1.29, 1.82) is 0 Å². The van der Waals surface area contributed by atoms with Crippen LogP contribution < -0.4 is 5.32 Å². The molecule has 0 unspecified atom stereocenters. The summed E-state index contributed by atoms with van der Waals surface area (Å²) < 4.78 is 2.12. The number of nitrogens with one attached hydrogen (secondary N) is 1. The Hall–Kier alpha value is -2.86. The fraction of sp³-hybridized carbons (Fsp3) is 0.304. The van der Waals surface area contributed by atoms with E-state index in [0.717, 1.165) is 40.8 Å². The number of benzene rings is 1. The molecule has 0 spiro atoms. The molecule has 3 aromatic rings. The van der Waals surface area contributed by atoms with E-state index >= 15 is 0 Å². The predicted molar refractivity (Wildman–Crippen MR) is 119 cm³/mol. The van der Waals surface area contributed by atoms with Crippen molar-refractivity contribution in [2.45, 2.75) is 39.3 Å². The van der Waals surface area contributed by atoms with Crippen LogP contribution in [0, 0.1) is 13.8 Å². The van der Waals surface area contributed by atoms with E-state index < -0.39 is 0 Å². The number of aromatic hydroxyl groups is 1. The summed E-state index contributed by atoms with van der Waals surface area (Å²) in [5, 5.41) is 14.7. The van der Waals surface area contributed by atoms with E-state index in [9.17, 15) is 5.11 Å². The molecule has 1 aliphatic heterocycles. The third-order valence-electron chi connectivity index (χ3n) is 5.57. The van der Waals surface area contributed by atoms with Gasteiger partial charge in [-0.1, -0.05) is 25.1 Å². The van der Waals surface area contributed by atoms with Crippen LogP contribution in [0.1, 0.15) is 48.1 Å². The second-order valence-corrected chi connectivity index (χ2v) is 7.86. The molecule has 1 fully saturated rings. The number of nitrogens with zero attached hydrogens (tertiary/aromatic N) is 3. The molecule has 4 rings (SSSR count). The highest BCUT2D eigenvalue weighted by Crippen LogP contribution is 2.41. The topological polar surface area (TPSA) is 53.3 Å². The van der Waals surface area contributed by atoms with Gasteiger partial charge in [0.2, 0.25) is 0 Å². The molecular formula is C23H26N4OS. The van der Waals surface area contributed by atoms with Crippen molar-refractivity contribution in [3.05, 3.63) is 77.4 Å². The van der Waals surface area contributed by atoms with Gasteiger partial charge in [-0.3, -0.25) is 4.98 Å². The van der Waals surface area contributed by atoms with Gasteiger partial charge in [-0.25, -0.2) is 0 Å². The lowest BCUT2D eigenvalue weighted by atomic mass is 9.96. The first-order valence-corrected chi connectivity index (χ1v) is 10.4. The first-order valence-electron chi connectivity index (χ1n) is 9.98. The average molecular weight is 407 g/mol. The molecule has 2 aromatic heterocycles. The van der Waals surface area contributed by atoms with Crippen molar-refractivity contribution in [1.82, 2.24) is 19.8 Å². The lowest BCUT2D eigenvalue weighted by Crippen LogP contribution is -2.30. The summed E-state index contributed by atoms with van der Waals surface area (Å²) in [5.74, 6) is 0.271. The molecule has 0 radical (unpaired) electrons. The van der Waals surface area contributed by atoms with Crippen molar-refractivity contribution >= 4 is 17.3 Å². The maximum Gasteiger partial charge on any atom is 0.170 e. The normalized spacial score (nSPS) is 18.9. The molecule has 150 valence electrons. The maximum atomic E-state index is 10.4. The molecule has 0 bridgehead atoms. The summed E-state index contributed by atoms with van der Waals surface area (Å²) in [5.41, 5.74) is 5.14. The SMILES string of the molecule is CCCN1C(=S)N[C@@H](c2ccccn2)[C@H]1c1cc(C)n(-c2ccccc2O)c1C. The molecule has 29 heavy (non-hydrogen) atoms. The first kappa shape index (κ1) is 19.5. The lowest BCUT2D eigenvalue weighted by Gasteiger charge is -2.27. The smallest absolute Gasteiger partial charge is 0.170 e. The van der Waals surface area contributed by atoms with Gasteiger partial charge in [-0.15, -0.1) is 0 Å². The zero-order chi connectivity index (χ0) is 20.5. The van der Waals surface area contributed by atoms with Crippen LogP contribution in [0.25, 0.3) is 5.69 Å². The number of pyridine rings is 1. The van der Waals surface area contributed by atoms with E-state index in [2.05, 4.69) is 46.6 Å². The molecule has 1 aliphatic rings. The standard InChI is InChI=1S/C23H26N4OS/c1-4-13-26-22(21(25-23(26)29)18-9-7-8-12-24-18)17-14-15(2)27(16(17)3)19-10-5-6-11-20(19)28/h5-12,14,21-22,28H,4,13H2,1-3H3,(H,25,29)/t21-,22+/m0/s1. The van der Waals surface area contributed by atoms with Gasteiger partial charge in [0.05, 0.1) is 23.5 Å². The van der Waals surface area contributed by atoms with Crippen molar-refractivity contribution in [3.8, 4) is 11.4 Å². The van der Waals surface area contributed by atoms with Crippen LogP contribution >= 0.6 is 12.2 Å². The zero-order valence-electron chi connectivity index (χ0n) is 17.0. The number of phenols is 1. The molecule has 1 aromatic carbocycles. The van der Waals surface area contributed by atoms with Crippen LogP contribution in [0.15, 0.2) is 54.7 Å². The minimum absolute atomic E-state index is 0.0198. The summed E-state index contributed by atoms with van der Waals surface area (Å²) in [6.07, 6.45) is 2.83. The molecule has 3 heterocycles. The second kappa shape index (κ2) is 7.87. The van der Waals surface area contributed by atoms with Crippen LogP contribution in [-0.2, 0) is 0 Å². The van der Waals surface area contributed by atoms with Crippen molar-refractivity contribution in [3.63, 3.8) is 0 Å². The Balaban J connectivity index is 1.85. The molecule has 0 aliphatic carbocycles. The van der Waals surface area contributed by atoms with Gasteiger partial charge < -0.3 is 19.9 Å². The average Bonchev–Trinajstić information content (AvgIpc) is 3.19. The van der Waals surface area contributed by atoms with E-state index in [-0.39, 0.29) is 17.8 Å². The molecule has 0 amide bonds. The van der Waals surface area contributed by atoms with Crippen LogP contribution in [0.5, 0.6) is 5.75 Å². The van der Waals surface area contributed by atoms with Crippen LogP contribution in [0.2, 0.25) is 0 Å². The summed E-state index contributed by atoms with van der Waals surface area (Å²) in [4.78, 5) is 6.87. The van der Waals surface area contributed by atoms with Gasteiger partial charge >= 0.3 is 0 Å². The molecule has 2 N–H and O–H groups in total. The van der Waals surface area contributed by atoms with E-state index in [0.29, 0.717) is 0 Å². The highest BCUT2D eigenvalue weighted by molar-refractivity contribution is 7.80. The van der Waals surface area contributed by atoms with Gasteiger partial charge in [-0.05, 0) is 68.4 Å². The molecule has 0 saturated carbocycles. The number of para-hydroxylation sites is 2. The number of hydrogen-bond acceptors (Lipinski definition) is 3. The number of aryl methyl sites for hydroxylation is 1. The zero-order valence-corrected chi connectivity index (χ0v) is 17.8. The first-order chi connectivity index (χ1) is 14.0. The van der Waals surface area contributed by atoms with Gasteiger partial charge in [0.1, 0.15) is 5.75 Å². The van der Waals surface area contributed by atoms with E-state index in [1.54, 1.807) is 6.07 Å². The predicted octanol–water partition coefficient (Wildman–Crippen LogP) is 4.58. The number of rotatable bonds is 5. The van der Waals surface area contributed by atoms with Crippen molar-refractivity contribution in [2.24, 2.45) is 0 Å². The molecule has 5 nitrogen and oxygen atoms in total. The summed E-state index contributed by atoms with van der Waals surface area (Å²) in [6.45, 7) is 7.22. The Labute approximate surface area is 177 Å². The third kappa shape index (κ3) is 3.38. The highest BCUT2D eigenvalue weighted by atomic mass is 32.1. The fourth-order valence-electron chi connectivity index (χ4n) is 4.34. The Bertz CT molecular complexity index is 1030. The number of thiocarbonyl (C=S) groups is 1. The summed E-state index contributed by atoms with van der Waals surface area (Å²) in [7, 11) is 0. The number of phenolic OH excluding ortho intramolecular Hbond substituents is 1. The third-order valence-corrected chi connectivity index (χ3v) is 5.93. The fourth-order valence-corrected chi connectivity index (χ4v) is 4.67. The minimum Gasteiger partial charge on any atom is -0.506 e. The van der Waals surface area contributed by atoms with Crippen molar-refractivity contribution in [2.75, 3.05) is 6.54 Å². The van der Waals surface area contributed by atoms with Crippen LogP contribution in [-0.4, -0.2) is 31.2 Å². The number of hydrogen-bond donors (Lipinski definition) is 2. The molecule has 2 atom stereocenters. The Morgan fingerprint density at radius 3 is 2.59 bits per heavy atom.